The molecule has 0 atom stereocenters. The third-order valence-electron chi connectivity index (χ3n) is 3.01. The molecule has 0 aliphatic carbocycles. The van der Waals surface area contributed by atoms with Crippen LogP contribution in [0.5, 0.6) is 0 Å². The van der Waals surface area contributed by atoms with Crippen LogP contribution < -0.4 is 0 Å². The summed E-state index contributed by atoms with van der Waals surface area (Å²) in [6, 6.07) is 8.76. The summed E-state index contributed by atoms with van der Waals surface area (Å²) in [5, 5.41) is 8.72. The molecular weight excluding hydrogens is 280 g/mol. The fourth-order valence-corrected chi connectivity index (χ4v) is 4.55. The maximum Gasteiger partial charge on any atom is 0.218 e. The Hall–Kier alpha value is -1.03. The van der Waals surface area contributed by atoms with Gasteiger partial charge in [-0.25, -0.2) is 12.7 Å². The van der Waals surface area contributed by atoms with Crippen LogP contribution in [0.2, 0.25) is 0 Å². The fraction of sp³-hybridized carbons (Fsp3) is 0.462. The van der Waals surface area contributed by atoms with Crippen molar-refractivity contribution in [1.82, 2.24) is 4.31 Å². The highest BCUT2D eigenvalue weighted by Gasteiger charge is 2.23. The molecule has 0 bridgehead atoms. The van der Waals surface area contributed by atoms with Crippen molar-refractivity contribution < 1.29 is 8.42 Å². The second kappa shape index (κ2) is 6.42. The van der Waals surface area contributed by atoms with Crippen molar-refractivity contribution >= 4 is 21.8 Å². The standard InChI is InChI=1S/C13H16N2O2S2/c14-10-12-2-4-13(5-3-12)11-19(16,17)15-6-1-8-18-9-7-15/h2-5H,1,6-9,11H2. The maximum atomic E-state index is 12.3. The van der Waals surface area contributed by atoms with Gasteiger partial charge in [0.15, 0.2) is 0 Å². The minimum Gasteiger partial charge on any atom is -0.212 e. The van der Waals surface area contributed by atoms with E-state index in [0.29, 0.717) is 18.7 Å². The minimum atomic E-state index is -3.24. The van der Waals surface area contributed by atoms with Crippen LogP contribution in [0.25, 0.3) is 0 Å². The SMILES string of the molecule is N#Cc1ccc(CS(=O)(=O)N2CCCSCC2)cc1. The minimum absolute atomic E-state index is 0.0172. The molecule has 1 saturated heterocycles. The zero-order valence-electron chi connectivity index (χ0n) is 10.6. The van der Waals surface area contributed by atoms with E-state index < -0.39 is 10.0 Å². The molecule has 2 rings (SSSR count). The van der Waals surface area contributed by atoms with Gasteiger partial charge in [-0.2, -0.15) is 17.0 Å². The normalized spacial score (nSPS) is 17.6. The highest BCUT2D eigenvalue weighted by atomic mass is 32.2. The summed E-state index contributed by atoms with van der Waals surface area (Å²) in [6.45, 7) is 1.22. The van der Waals surface area contributed by atoms with Crippen molar-refractivity contribution in [1.29, 1.82) is 5.26 Å². The summed E-state index contributed by atoms with van der Waals surface area (Å²) < 4.78 is 26.2. The quantitative estimate of drug-likeness (QED) is 0.853. The van der Waals surface area contributed by atoms with E-state index in [1.165, 1.54) is 0 Å². The lowest BCUT2D eigenvalue weighted by Crippen LogP contribution is -2.33. The molecule has 0 amide bonds. The van der Waals surface area contributed by atoms with Crippen LogP contribution >= 0.6 is 11.8 Å². The molecule has 1 fully saturated rings. The molecule has 0 N–H and O–H groups in total. The van der Waals surface area contributed by atoms with Crippen molar-refractivity contribution in [2.24, 2.45) is 0 Å². The average molecular weight is 296 g/mol. The Morgan fingerprint density at radius 1 is 1.21 bits per heavy atom. The summed E-state index contributed by atoms with van der Waals surface area (Å²) in [5.41, 5.74) is 1.28. The van der Waals surface area contributed by atoms with Crippen LogP contribution in [0.4, 0.5) is 0 Å². The molecule has 1 aromatic carbocycles. The van der Waals surface area contributed by atoms with Gasteiger partial charge in [0.2, 0.25) is 10.0 Å². The lowest BCUT2D eigenvalue weighted by atomic mass is 10.2. The molecule has 0 radical (unpaired) electrons. The van der Waals surface area contributed by atoms with Gasteiger partial charge in [0.1, 0.15) is 0 Å². The van der Waals surface area contributed by atoms with Crippen molar-refractivity contribution in [2.45, 2.75) is 12.2 Å². The summed E-state index contributed by atoms with van der Waals surface area (Å²) in [5.74, 6) is 1.92. The Morgan fingerprint density at radius 2 is 1.95 bits per heavy atom. The second-order valence-electron chi connectivity index (χ2n) is 4.43. The van der Waals surface area contributed by atoms with Gasteiger partial charge in [0.25, 0.3) is 0 Å². The Kier molecular flexibility index (Phi) is 4.86. The number of rotatable bonds is 3. The summed E-state index contributed by atoms with van der Waals surface area (Å²) in [4.78, 5) is 0. The van der Waals surface area contributed by atoms with E-state index in [-0.39, 0.29) is 5.75 Å². The van der Waals surface area contributed by atoms with Gasteiger partial charge in [0.05, 0.1) is 17.4 Å². The number of hydrogen-bond donors (Lipinski definition) is 0. The molecule has 4 nitrogen and oxygen atoms in total. The van der Waals surface area contributed by atoms with E-state index in [2.05, 4.69) is 0 Å². The number of nitriles is 1. The molecule has 1 aliphatic rings. The third kappa shape index (κ3) is 3.96. The number of thioether (sulfide) groups is 1. The van der Waals surface area contributed by atoms with Crippen molar-refractivity contribution in [3.63, 3.8) is 0 Å². The maximum absolute atomic E-state index is 12.3. The monoisotopic (exact) mass is 296 g/mol. The van der Waals surface area contributed by atoms with Gasteiger partial charge in [-0.3, -0.25) is 0 Å². The van der Waals surface area contributed by atoms with Crippen LogP contribution in [-0.4, -0.2) is 37.3 Å². The van der Waals surface area contributed by atoms with Crippen LogP contribution in [0.15, 0.2) is 24.3 Å². The lowest BCUT2D eigenvalue weighted by Gasteiger charge is -2.19. The molecule has 0 spiro atoms. The van der Waals surface area contributed by atoms with Crippen LogP contribution in [0, 0.1) is 11.3 Å². The Labute approximate surface area is 118 Å². The van der Waals surface area contributed by atoms with Gasteiger partial charge in [-0.05, 0) is 29.9 Å². The molecule has 102 valence electrons. The Balaban J connectivity index is 2.09. The van der Waals surface area contributed by atoms with E-state index in [1.807, 2.05) is 6.07 Å². The molecule has 0 aromatic heterocycles. The lowest BCUT2D eigenvalue weighted by molar-refractivity contribution is 0.434. The van der Waals surface area contributed by atoms with Crippen LogP contribution in [0.3, 0.4) is 0 Å². The number of hydrogen-bond acceptors (Lipinski definition) is 4. The van der Waals surface area contributed by atoms with E-state index >= 15 is 0 Å². The van der Waals surface area contributed by atoms with Gasteiger partial charge in [0, 0.05) is 18.8 Å². The van der Waals surface area contributed by atoms with Gasteiger partial charge in [-0.1, -0.05) is 12.1 Å². The Morgan fingerprint density at radius 3 is 2.63 bits per heavy atom. The summed E-state index contributed by atoms with van der Waals surface area (Å²) in [7, 11) is -3.24. The molecule has 1 aromatic rings. The first-order chi connectivity index (χ1) is 9.12. The molecule has 1 heterocycles. The first-order valence-electron chi connectivity index (χ1n) is 6.16. The number of nitrogens with zero attached hydrogens (tertiary/aromatic N) is 2. The predicted molar refractivity (Wildman–Crippen MR) is 77.3 cm³/mol. The number of benzene rings is 1. The van der Waals surface area contributed by atoms with E-state index in [4.69, 9.17) is 5.26 Å². The number of sulfonamides is 1. The van der Waals surface area contributed by atoms with Crippen LogP contribution in [-0.2, 0) is 15.8 Å². The van der Waals surface area contributed by atoms with E-state index in [9.17, 15) is 8.42 Å². The first kappa shape index (κ1) is 14.4. The molecule has 6 heteroatoms. The van der Waals surface area contributed by atoms with Crippen molar-refractivity contribution in [3.05, 3.63) is 35.4 Å². The second-order valence-corrected chi connectivity index (χ2v) is 7.62. The molecular formula is C13H16N2O2S2. The zero-order valence-corrected chi connectivity index (χ0v) is 12.2. The zero-order chi connectivity index (χ0) is 13.7. The van der Waals surface area contributed by atoms with E-state index in [0.717, 1.165) is 23.5 Å². The van der Waals surface area contributed by atoms with Gasteiger partial charge < -0.3 is 0 Å². The van der Waals surface area contributed by atoms with Gasteiger partial charge in [-0.15, -0.1) is 0 Å². The first-order valence-corrected chi connectivity index (χ1v) is 8.93. The molecule has 19 heavy (non-hydrogen) atoms. The highest BCUT2D eigenvalue weighted by molar-refractivity contribution is 7.99. The topological polar surface area (TPSA) is 61.2 Å². The highest BCUT2D eigenvalue weighted by Crippen LogP contribution is 2.17. The third-order valence-corrected chi connectivity index (χ3v) is 5.91. The van der Waals surface area contributed by atoms with Crippen molar-refractivity contribution in [3.8, 4) is 6.07 Å². The van der Waals surface area contributed by atoms with E-state index in [1.54, 1.807) is 40.3 Å². The van der Waals surface area contributed by atoms with Crippen molar-refractivity contribution in [2.75, 3.05) is 24.6 Å². The Bertz CT molecular complexity index is 553. The average Bonchev–Trinajstić information content (AvgIpc) is 2.68. The molecule has 0 unspecified atom stereocenters. The molecule has 1 aliphatic heterocycles. The smallest absolute Gasteiger partial charge is 0.212 e. The van der Waals surface area contributed by atoms with Gasteiger partial charge >= 0.3 is 0 Å². The summed E-state index contributed by atoms with van der Waals surface area (Å²) in [6.07, 6.45) is 0.914. The predicted octanol–water partition coefficient (Wildman–Crippen LogP) is 1.83. The van der Waals surface area contributed by atoms with Crippen LogP contribution in [0.1, 0.15) is 17.5 Å². The largest absolute Gasteiger partial charge is 0.218 e. The summed E-state index contributed by atoms with van der Waals surface area (Å²) >= 11 is 1.80. The molecule has 0 saturated carbocycles. The fourth-order valence-electron chi connectivity index (χ4n) is 1.98.